The van der Waals surface area contributed by atoms with Crippen LogP contribution in [0.15, 0.2) is 42.5 Å². The second-order valence-corrected chi connectivity index (χ2v) is 6.46. The number of ether oxygens (including phenoxy) is 1. The summed E-state index contributed by atoms with van der Waals surface area (Å²) < 4.78 is 6.25. The van der Waals surface area contributed by atoms with E-state index in [2.05, 4.69) is 10.3 Å². The average molecular weight is 369 g/mol. The Morgan fingerprint density at radius 3 is 2.88 bits per heavy atom. The van der Waals surface area contributed by atoms with E-state index in [1.807, 2.05) is 19.1 Å². The predicted molar refractivity (Wildman–Crippen MR) is 102 cm³/mol. The number of hydrogen-bond acceptors (Lipinski definition) is 6. The van der Waals surface area contributed by atoms with E-state index in [0.29, 0.717) is 22.0 Å². The summed E-state index contributed by atoms with van der Waals surface area (Å²) in [5.74, 6) is 0.279. The molecule has 1 N–H and O–H groups in total. The first-order chi connectivity index (χ1) is 12.5. The number of methoxy groups -OCH3 is 1. The first-order valence-electron chi connectivity index (χ1n) is 7.65. The van der Waals surface area contributed by atoms with Gasteiger partial charge >= 0.3 is 0 Å². The molecule has 0 aliphatic rings. The molecule has 3 rings (SSSR count). The Kier molecular flexibility index (Phi) is 4.94. The Hall–Kier alpha value is -3.26. The first kappa shape index (κ1) is 17.6. The maximum atomic E-state index is 12.1. The summed E-state index contributed by atoms with van der Waals surface area (Å²) in [6, 6.07) is 9.82. The molecule has 0 aliphatic carbocycles. The zero-order valence-electron chi connectivity index (χ0n) is 14.1. The van der Waals surface area contributed by atoms with Crippen LogP contribution in [0, 0.1) is 17.0 Å². The van der Waals surface area contributed by atoms with E-state index in [0.717, 1.165) is 10.3 Å². The Morgan fingerprint density at radius 2 is 2.15 bits per heavy atom. The number of aromatic nitrogens is 1. The molecule has 0 radical (unpaired) electrons. The Balaban J connectivity index is 1.78. The van der Waals surface area contributed by atoms with E-state index in [4.69, 9.17) is 4.74 Å². The third kappa shape index (κ3) is 3.70. The molecule has 1 amide bonds. The normalized spacial score (nSPS) is 11.0. The first-order valence-corrected chi connectivity index (χ1v) is 8.47. The summed E-state index contributed by atoms with van der Waals surface area (Å²) in [6.07, 6.45) is 2.83. The summed E-state index contributed by atoms with van der Waals surface area (Å²) in [7, 11) is 1.57. The largest absolute Gasteiger partial charge is 0.494 e. The summed E-state index contributed by atoms with van der Waals surface area (Å²) in [4.78, 5) is 26.8. The van der Waals surface area contributed by atoms with Gasteiger partial charge < -0.3 is 4.74 Å². The van der Waals surface area contributed by atoms with Gasteiger partial charge in [-0.2, -0.15) is 0 Å². The molecular weight excluding hydrogens is 354 g/mol. The molecule has 7 nitrogen and oxygen atoms in total. The van der Waals surface area contributed by atoms with Gasteiger partial charge in [0.1, 0.15) is 11.3 Å². The van der Waals surface area contributed by atoms with Crippen molar-refractivity contribution in [3.63, 3.8) is 0 Å². The highest BCUT2D eigenvalue weighted by atomic mass is 32.1. The molecule has 0 spiro atoms. The average Bonchev–Trinajstić information content (AvgIpc) is 3.05. The maximum absolute atomic E-state index is 12.1. The van der Waals surface area contributed by atoms with Crippen molar-refractivity contribution < 1.29 is 14.5 Å². The molecule has 0 fully saturated rings. The van der Waals surface area contributed by atoms with Crippen molar-refractivity contribution in [3.8, 4) is 5.75 Å². The van der Waals surface area contributed by atoms with E-state index in [1.165, 1.54) is 35.6 Å². The lowest BCUT2D eigenvalue weighted by Crippen LogP contribution is -2.07. The highest BCUT2D eigenvalue weighted by Gasteiger charge is 2.12. The third-order valence-corrected chi connectivity index (χ3v) is 4.77. The molecule has 0 aliphatic heterocycles. The molecule has 0 atom stereocenters. The minimum atomic E-state index is -0.478. The molecule has 1 heterocycles. The van der Waals surface area contributed by atoms with Crippen molar-refractivity contribution in [2.45, 2.75) is 6.92 Å². The number of nitrogens with zero attached hydrogens (tertiary/aromatic N) is 2. The molecular formula is C18H15N3O4S. The monoisotopic (exact) mass is 369 g/mol. The molecule has 132 valence electrons. The van der Waals surface area contributed by atoms with Crippen LogP contribution in [0.2, 0.25) is 0 Å². The van der Waals surface area contributed by atoms with Crippen molar-refractivity contribution in [3.05, 3.63) is 63.7 Å². The van der Waals surface area contributed by atoms with E-state index in [1.54, 1.807) is 19.2 Å². The quantitative estimate of drug-likeness (QED) is 0.414. The van der Waals surface area contributed by atoms with Gasteiger partial charge in [0.05, 0.1) is 16.7 Å². The zero-order valence-corrected chi connectivity index (χ0v) is 14.9. The molecule has 1 aromatic heterocycles. The number of thiazole rings is 1. The van der Waals surface area contributed by atoms with Crippen LogP contribution < -0.4 is 10.1 Å². The number of carbonyl (C=O) groups is 1. The van der Waals surface area contributed by atoms with Crippen LogP contribution >= 0.6 is 11.3 Å². The third-order valence-electron chi connectivity index (χ3n) is 3.66. The van der Waals surface area contributed by atoms with Crippen LogP contribution in [0.25, 0.3) is 16.3 Å². The summed E-state index contributed by atoms with van der Waals surface area (Å²) in [5.41, 5.74) is 2.29. The second kappa shape index (κ2) is 7.32. The number of fused-ring (bicyclic) bond motifs is 1. The van der Waals surface area contributed by atoms with Gasteiger partial charge in [-0.25, -0.2) is 4.98 Å². The van der Waals surface area contributed by atoms with Gasteiger partial charge in [-0.15, -0.1) is 0 Å². The smallest absolute Gasteiger partial charge is 0.270 e. The number of non-ortho nitro benzene ring substituents is 1. The van der Waals surface area contributed by atoms with Crippen LogP contribution in [0.5, 0.6) is 5.75 Å². The van der Waals surface area contributed by atoms with Crippen molar-refractivity contribution in [1.82, 2.24) is 4.98 Å². The van der Waals surface area contributed by atoms with E-state index in [-0.39, 0.29) is 11.6 Å². The van der Waals surface area contributed by atoms with Crippen LogP contribution in [-0.2, 0) is 4.79 Å². The predicted octanol–water partition coefficient (Wildman–Crippen LogP) is 4.17. The van der Waals surface area contributed by atoms with Gasteiger partial charge in [0, 0.05) is 18.2 Å². The highest BCUT2D eigenvalue weighted by molar-refractivity contribution is 7.22. The van der Waals surface area contributed by atoms with Gasteiger partial charge in [0.15, 0.2) is 5.13 Å². The lowest BCUT2D eigenvalue weighted by atomic mass is 10.2. The number of nitro benzene ring substituents is 1. The Morgan fingerprint density at radius 1 is 1.35 bits per heavy atom. The van der Waals surface area contributed by atoms with Crippen molar-refractivity contribution >= 4 is 44.4 Å². The molecule has 0 unspecified atom stereocenters. The number of aryl methyl sites for hydroxylation is 1. The minimum Gasteiger partial charge on any atom is -0.494 e. The van der Waals surface area contributed by atoms with Gasteiger partial charge in [-0.3, -0.25) is 20.2 Å². The molecule has 2 aromatic carbocycles. The van der Waals surface area contributed by atoms with Crippen LogP contribution in [0.4, 0.5) is 10.8 Å². The van der Waals surface area contributed by atoms with Crippen LogP contribution in [0.3, 0.4) is 0 Å². The van der Waals surface area contributed by atoms with Gasteiger partial charge in [-0.1, -0.05) is 29.5 Å². The van der Waals surface area contributed by atoms with Crippen molar-refractivity contribution in [2.24, 2.45) is 0 Å². The van der Waals surface area contributed by atoms with Crippen LogP contribution in [-0.4, -0.2) is 22.9 Å². The Bertz CT molecular complexity index is 1030. The van der Waals surface area contributed by atoms with E-state index >= 15 is 0 Å². The molecule has 0 bridgehead atoms. The topological polar surface area (TPSA) is 94.4 Å². The molecule has 0 saturated heterocycles. The van der Waals surface area contributed by atoms with Gasteiger partial charge in [0.2, 0.25) is 5.91 Å². The molecule has 8 heteroatoms. The number of amides is 1. The lowest BCUT2D eigenvalue weighted by Gasteiger charge is -2.01. The molecule has 0 saturated carbocycles. The van der Waals surface area contributed by atoms with E-state index in [9.17, 15) is 14.9 Å². The minimum absolute atomic E-state index is 0.0266. The van der Waals surface area contributed by atoms with E-state index < -0.39 is 4.92 Å². The van der Waals surface area contributed by atoms with Crippen molar-refractivity contribution in [2.75, 3.05) is 12.4 Å². The second-order valence-electron chi connectivity index (χ2n) is 5.46. The fraction of sp³-hybridized carbons (Fsp3) is 0.111. The SMILES string of the molecule is COc1ccc(C)c2sc(NC(=O)/C=C/c3cccc([N+](=O)[O-])c3)nc12. The van der Waals surface area contributed by atoms with Crippen molar-refractivity contribution in [1.29, 1.82) is 0 Å². The fourth-order valence-corrected chi connectivity index (χ4v) is 3.34. The number of carbonyl (C=O) groups excluding carboxylic acids is 1. The number of rotatable bonds is 5. The van der Waals surface area contributed by atoms with Gasteiger partial charge in [-0.05, 0) is 30.2 Å². The number of benzene rings is 2. The highest BCUT2D eigenvalue weighted by Crippen LogP contribution is 2.34. The summed E-state index contributed by atoms with van der Waals surface area (Å²) >= 11 is 1.36. The zero-order chi connectivity index (χ0) is 18.7. The summed E-state index contributed by atoms with van der Waals surface area (Å²) in [6.45, 7) is 1.97. The summed E-state index contributed by atoms with van der Waals surface area (Å²) in [5, 5.41) is 14.0. The fourth-order valence-electron chi connectivity index (χ4n) is 2.39. The van der Waals surface area contributed by atoms with Crippen LogP contribution in [0.1, 0.15) is 11.1 Å². The Labute approximate surface area is 153 Å². The lowest BCUT2D eigenvalue weighted by molar-refractivity contribution is -0.384. The number of nitro groups is 1. The van der Waals surface area contributed by atoms with Gasteiger partial charge in [0.25, 0.3) is 5.69 Å². The molecule has 3 aromatic rings. The number of nitrogens with one attached hydrogen (secondary N) is 1. The standard InChI is InChI=1S/C18H15N3O4S/c1-11-6-8-14(25-2)16-17(11)26-18(20-16)19-15(22)9-7-12-4-3-5-13(10-12)21(23)24/h3-10H,1-2H3,(H,19,20,22)/b9-7+. The number of hydrogen-bond donors (Lipinski definition) is 1. The maximum Gasteiger partial charge on any atom is 0.270 e. The molecule has 26 heavy (non-hydrogen) atoms. The number of anilines is 1.